The summed E-state index contributed by atoms with van der Waals surface area (Å²) in [6.07, 6.45) is 1.98. The Hall–Kier alpha value is -1.32. The van der Waals surface area contributed by atoms with Gasteiger partial charge in [0.25, 0.3) is 0 Å². The molecule has 18 heavy (non-hydrogen) atoms. The van der Waals surface area contributed by atoms with Crippen LogP contribution in [0.5, 0.6) is 0 Å². The van der Waals surface area contributed by atoms with Crippen molar-refractivity contribution < 1.29 is 19.1 Å². The molecule has 0 aromatic heterocycles. The highest BCUT2D eigenvalue weighted by Crippen LogP contribution is 2.00. The lowest BCUT2D eigenvalue weighted by atomic mass is 10.2. The van der Waals surface area contributed by atoms with Crippen molar-refractivity contribution in [2.75, 3.05) is 20.5 Å². The highest BCUT2D eigenvalue weighted by molar-refractivity contribution is 7.99. The van der Waals surface area contributed by atoms with Gasteiger partial charge in [0, 0.05) is 6.42 Å². The summed E-state index contributed by atoms with van der Waals surface area (Å²) in [6, 6.07) is 0. The predicted molar refractivity (Wildman–Crippen MR) is 68.5 cm³/mol. The largest absolute Gasteiger partial charge is 0.469 e. The maximum absolute atomic E-state index is 11.4. The number of hydrogen-bond acceptors (Lipinski definition) is 9. The molecule has 0 unspecified atom stereocenters. The molecule has 0 aliphatic rings. The second kappa shape index (κ2) is 9.68. The number of hydrazine groups is 1. The second-order valence-corrected chi connectivity index (χ2v) is 3.98. The number of rotatable bonds is 8. The first-order valence-corrected chi connectivity index (χ1v) is 6.34. The molecule has 0 aromatic carbocycles. The van der Waals surface area contributed by atoms with Gasteiger partial charge in [-0.25, -0.2) is 10.2 Å². The SMILES string of the molecule is COC(=O)CC/C(=N\N[C@@H](NN)SC)C(=O)OC. The highest BCUT2D eigenvalue weighted by atomic mass is 32.2. The van der Waals surface area contributed by atoms with Gasteiger partial charge >= 0.3 is 11.9 Å². The van der Waals surface area contributed by atoms with Gasteiger partial charge in [-0.05, 0) is 6.26 Å². The van der Waals surface area contributed by atoms with Crippen LogP contribution in [0.4, 0.5) is 0 Å². The van der Waals surface area contributed by atoms with E-state index < -0.39 is 11.9 Å². The smallest absolute Gasteiger partial charge is 0.354 e. The number of carbonyl (C=O) groups is 2. The van der Waals surface area contributed by atoms with E-state index in [9.17, 15) is 9.59 Å². The Morgan fingerprint density at radius 1 is 1.33 bits per heavy atom. The number of methoxy groups -OCH3 is 2. The quantitative estimate of drug-likeness (QED) is 0.173. The molecule has 104 valence electrons. The van der Waals surface area contributed by atoms with E-state index in [1.165, 1.54) is 26.0 Å². The second-order valence-electron chi connectivity index (χ2n) is 3.04. The van der Waals surface area contributed by atoms with E-state index in [-0.39, 0.29) is 24.1 Å². The third kappa shape index (κ3) is 6.42. The van der Waals surface area contributed by atoms with Crippen LogP contribution in [0.2, 0.25) is 0 Å². The Labute approximate surface area is 110 Å². The van der Waals surface area contributed by atoms with Crippen LogP contribution in [0.3, 0.4) is 0 Å². The molecular formula is C9H18N4O4S. The van der Waals surface area contributed by atoms with E-state index in [4.69, 9.17) is 5.84 Å². The minimum atomic E-state index is -0.608. The number of nitrogens with zero attached hydrogens (tertiary/aromatic N) is 1. The minimum Gasteiger partial charge on any atom is -0.469 e. The van der Waals surface area contributed by atoms with Crippen molar-refractivity contribution >= 4 is 29.4 Å². The third-order valence-corrected chi connectivity index (χ3v) is 2.63. The molecule has 1 atom stereocenters. The number of ether oxygens (including phenoxy) is 2. The van der Waals surface area contributed by atoms with Gasteiger partial charge in [0.1, 0.15) is 5.71 Å². The molecule has 0 saturated heterocycles. The number of hydrogen-bond donors (Lipinski definition) is 3. The van der Waals surface area contributed by atoms with Gasteiger partial charge in [0.05, 0.1) is 20.6 Å². The molecule has 0 aliphatic carbocycles. The molecule has 0 amide bonds. The van der Waals surface area contributed by atoms with Crippen molar-refractivity contribution in [3.63, 3.8) is 0 Å². The molecule has 0 radical (unpaired) electrons. The van der Waals surface area contributed by atoms with Gasteiger partial charge in [-0.2, -0.15) is 5.10 Å². The van der Waals surface area contributed by atoms with Gasteiger partial charge < -0.3 is 9.47 Å². The van der Waals surface area contributed by atoms with Gasteiger partial charge in [-0.3, -0.25) is 16.1 Å². The van der Waals surface area contributed by atoms with Crippen LogP contribution in [0.15, 0.2) is 5.10 Å². The predicted octanol–water partition coefficient (Wildman–Crippen LogP) is -0.832. The molecule has 0 aromatic rings. The monoisotopic (exact) mass is 278 g/mol. The maximum atomic E-state index is 11.4. The Kier molecular flexibility index (Phi) is 8.97. The molecule has 0 bridgehead atoms. The average Bonchev–Trinajstić information content (AvgIpc) is 2.41. The normalized spacial score (nSPS) is 12.8. The third-order valence-electron chi connectivity index (χ3n) is 1.92. The van der Waals surface area contributed by atoms with Crippen LogP contribution in [0, 0.1) is 0 Å². The van der Waals surface area contributed by atoms with Gasteiger partial charge in [-0.1, -0.05) is 0 Å². The van der Waals surface area contributed by atoms with E-state index in [0.29, 0.717) is 0 Å². The lowest BCUT2D eigenvalue weighted by molar-refractivity contribution is -0.140. The van der Waals surface area contributed by atoms with E-state index in [1.54, 1.807) is 6.26 Å². The lowest BCUT2D eigenvalue weighted by Crippen LogP contribution is -2.42. The summed E-state index contributed by atoms with van der Waals surface area (Å²) in [4.78, 5) is 22.4. The molecule has 0 saturated carbocycles. The molecule has 0 heterocycles. The molecule has 0 rings (SSSR count). The van der Waals surface area contributed by atoms with Crippen molar-refractivity contribution in [2.45, 2.75) is 18.3 Å². The number of hydrazone groups is 1. The zero-order valence-corrected chi connectivity index (χ0v) is 11.4. The first-order valence-electron chi connectivity index (χ1n) is 5.05. The Bertz CT molecular complexity index is 307. The number of thioether (sulfide) groups is 1. The molecule has 0 spiro atoms. The highest BCUT2D eigenvalue weighted by Gasteiger charge is 2.15. The first-order chi connectivity index (χ1) is 8.58. The van der Waals surface area contributed by atoms with E-state index >= 15 is 0 Å². The standard InChI is InChI=1S/C9H18N4O4S/c1-16-7(14)5-4-6(8(15)17-2)12-13-9(11-10)18-3/h9,11,13H,4-5,10H2,1-3H3/b12-6+/t9-/m1/s1. The van der Waals surface area contributed by atoms with Crippen LogP contribution >= 0.6 is 11.8 Å². The van der Waals surface area contributed by atoms with Gasteiger partial charge in [0.2, 0.25) is 0 Å². The summed E-state index contributed by atoms with van der Waals surface area (Å²) in [5.74, 6) is 4.19. The van der Waals surface area contributed by atoms with Crippen LogP contribution in [0.1, 0.15) is 12.8 Å². The Morgan fingerprint density at radius 3 is 2.44 bits per heavy atom. The molecule has 9 heteroatoms. The van der Waals surface area contributed by atoms with Crippen molar-refractivity contribution in [1.29, 1.82) is 0 Å². The Balaban J connectivity index is 4.52. The van der Waals surface area contributed by atoms with E-state index in [1.807, 2.05) is 0 Å². The fraction of sp³-hybridized carbons (Fsp3) is 0.667. The maximum Gasteiger partial charge on any atom is 0.354 e. The summed E-state index contributed by atoms with van der Waals surface area (Å²) >= 11 is 1.36. The van der Waals surface area contributed by atoms with Crippen LogP contribution < -0.4 is 16.7 Å². The summed E-state index contributed by atoms with van der Waals surface area (Å²) < 4.78 is 9.04. The van der Waals surface area contributed by atoms with Gasteiger partial charge in [-0.15, -0.1) is 11.8 Å². The molecule has 8 nitrogen and oxygen atoms in total. The van der Waals surface area contributed by atoms with Crippen molar-refractivity contribution in [2.24, 2.45) is 10.9 Å². The summed E-state index contributed by atoms with van der Waals surface area (Å²) in [6.45, 7) is 0. The molecule has 4 N–H and O–H groups in total. The van der Waals surface area contributed by atoms with Crippen LogP contribution in [-0.2, 0) is 19.1 Å². The van der Waals surface area contributed by atoms with Crippen molar-refractivity contribution in [3.05, 3.63) is 0 Å². The van der Waals surface area contributed by atoms with E-state index in [0.717, 1.165) is 0 Å². The van der Waals surface area contributed by atoms with Gasteiger partial charge in [0.15, 0.2) is 5.50 Å². The zero-order chi connectivity index (χ0) is 14.0. The van der Waals surface area contributed by atoms with Crippen LogP contribution in [0.25, 0.3) is 0 Å². The fourth-order valence-corrected chi connectivity index (χ4v) is 1.23. The number of nitrogens with two attached hydrogens (primary N) is 1. The molecule has 0 aliphatic heterocycles. The first kappa shape index (κ1) is 16.7. The Morgan fingerprint density at radius 2 is 2.00 bits per heavy atom. The van der Waals surface area contributed by atoms with Crippen molar-refractivity contribution in [1.82, 2.24) is 10.9 Å². The summed E-state index contributed by atoms with van der Waals surface area (Å²) in [5.41, 5.74) is 4.83. The minimum absolute atomic E-state index is 0.0477. The van der Waals surface area contributed by atoms with Crippen LogP contribution in [-0.4, -0.2) is 43.6 Å². The van der Waals surface area contributed by atoms with E-state index in [2.05, 4.69) is 25.4 Å². The molecule has 0 fully saturated rings. The summed E-state index contributed by atoms with van der Waals surface area (Å²) in [5, 5.41) is 3.86. The fourth-order valence-electron chi connectivity index (χ4n) is 0.939. The number of carbonyl (C=O) groups excluding carboxylic acids is 2. The lowest BCUT2D eigenvalue weighted by Gasteiger charge is -2.13. The molecular weight excluding hydrogens is 260 g/mol. The zero-order valence-electron chi connectivity index (χ0n) is 10.6. The average molecular weight is 278 g/mol. The number of nitrogens with one attached hydrogen (secondary N) is 2. The topological polar surface area (TPSA) is 115 Å². The van der Waals surface area contributed by atoms with Crippen molar-refractivity contribution in [3.8, 4) is 0 Å². The number of esters is 2. The summed E-state index contributed by atoms with van der Waals surface area (Å²) in [7, 11) is 2.51.